The van der Waals surface area contributed by atoms with E-state index in [0.29, 0.717) is 15.2 Å². The molecule has 0 aliphatic carbocycles. The van der Waals surface area contributed by atoms with E-state index in [1.54, 1.807) is 18.2 Å². The minimum absolute atomic E-state index is 0.497. The Labute approximate surface area is 89.4 Å². The molecular formula is C9H5BrClNO. The van der Waals surface area contributed by atoms with Crippen molar-refractivity contribution in [2.24, 2.45) is 0 Å². The summed E-state index contributed by atoms with van der Waals surface area (Å²) in [5.74, 6) is 1.45. The second-order valence-electron chi connectivity index (χ2n) is 2.20. The van der Waals surface area contributed by atoms with Crippen LogP contribution in [0, 0.1) is 12.3 Å². The van der Waals surface area contributed by atoms with Gasteiger partial charge in [0, 0.05) is 0 Å². The van der Waals surface area contributed by atoms with Crippen molar-refractivity contribution in [3.63, 3.8) is 0 Å². The van der Waals surface area contributed by atoms with Gasteiger partial charge in [0.25, 0.3) is 5.91 Å². The van der Waals surface area contributed by atoms with Crippen molar-refractivity contribution < 1.29 is 4.79 Å². The van der Waals surface area contributed by atoms with Gasteiger partial charge in [-0.15, -0.1) is 6.42 Å². The highest BCUT2D eigenvalue weighted by Gasteiger charge is 2.04. The van der Waals surface area contributed by atoms with E-state index >= 15 is 0 Å². The molecule has 0 atom stereocenters. The highest BCUT2D eigenvalue weighted by molar-refractivity contribution is 9.10. The molecule has 1 aromatic carbocycles. The summed E-state index contributed by atoms with van der Waals surface area (Å²) in [6, 6.07) is 5.13. The molecule has 0 saturated heterocycles. The van der Waals surface area contributed by atoms with Crippen LogP contribution in [0.3, 0.4) is 0 Å². The van der Waals surface area contributed by atoms with Crippen molar-refractivity contribution >= 4 is 39.1 Å². The van der Waals surface area contributed by atoms with Crippen LogP contribution in [0.15, 0.2) is 22.7 Å². The maximum Gasteiger partial charge on any atom is 0.300 e. The number of carbonyl (C=O) groups excluding carboxylic acids is 1. The third-order valence-electron chi connectivity index (χ3n) is 1.33. The van der Waals surface area contributed by atoms with Crippen LogP contribution in [-0.2, 0) is 4.79 Å². The number of halogens is 2. The van der Waals surface area contributed by atoms with Gasteiger partial charge in [-0.1, -0.05) is 17.7 Å². The quantitative estimate of drug-likeness (QED) is 0.771. The first-order valence-electron chi connectivity index (χ1n) is 3.36. The van der Waals surface area contributed by atoms with E-state index in [-0.39, 0.29) is 0 Å². The fraction of sp³-hybridized carbons (Fsp3) is 0. The Hall–Kier alpha value is -0.980. The Morgan fingerprint density at radius 2 is 2.31 bits per heavy atom. The molecule has 66 valence electrons. The van der Waals surface area contributed by atoms with Crippen LogP contribution >= 0.6 is 27.5 Å². The molecule has 0 aromatic heterocycles. The van der Waals surface area contributed by atoms with Gasteiger partial charge in [0.2, 0.25) is 0 Å². The zero-order chi connectivity index (χ0) is 9.84. The molecule has 1 N–H and O–H groups in total. The molecule has 0 spiro atoms. The lowest BCUT2D eigenvalue weighted by Gasteiger charge is -2.04. The van der Waals surface area contributed by atoms with Crippen molar-refractivity contribution in [2.75, 3.05) is 5.32 Å². The fourth-order valence-corrected chi connectivity index (χ4v) is 1.30. The monoisotopic (exact) mass is 257 g/mol. The average molecular weight is 259 g/mol. The minimum atomic E-state index is -0.497. The number of nitrogens with one attached hydrogen (secondary N) is 1. The van der Waals surface area contributed by atoms with E-state index in [1.165, 1.54) is 0 Å². The zero-order valence-corrected chi connectivity index (χ0v) is 8.82. The van der Waals surface area contributed by atoms with Crippen LogP contribution < -0.4 is 5.32 Å². The number of hydrogen-bond acceptors (Lipinski definition) is 1. The summed E-state index contributed by atoms with van der Waals surface area (Å²) < 4.78 is 0.625. The number of carbonyl (C=O) groups is 1. The van der Waals surface area contributed by atoms with Crippen molar-refractivity contribution in [1.82, 2.24) is 0 Å². The third-order valence-corrected chi connectivity index (χ3v) is 2.73. The molecule has 1 amide bonds. The second-order valence-corrected chi connectivity index (χ2v) is 3.40. The smallest absolute Gasteiger partial charge is 0.300 e. The summed E-state index contributed by atoms with van der Waals surface area (Å²) in [6.45, 7) is 0. The Kier molecular flexibility index (Phi) is 3.35. The lowest BCUT2D eigenvalue weighted by molar-refractivity contribution is -0.111. The van der Waals surface area contributed by atoms with Crippen molar-refractivity contribution in [1.29, 1.82) is 0 Å². The largest absolute Gasteiger partial charge is 0.314 e. The number of amides is 1. The SMILES string of the molecule is C#CC(=O)Nc1cccc(Cl)c1Br. The van der Waals surface area contributed by atoms with Crippen LogP contribution in [0.25, 0.3) is 0 Å². The minimum Gasteiger partial charge on any atom is -0.314 e. The second kappa shape index (κ2) is 4.31. The predicted octanol–water partition coefficient (Wildman–Crippen LogP) is 2.67. The van der Waals surface area contributed by atoms with E-state index in [0.717, 1.165) is 0 Å². The highest BCUT2D eigenvalue weighted by atomic mass is 79.9. The van der Waals surface area contributed by atoms with Crippen LogP contribution in [0.4, 0.5) is 5.69 Å². The molecule has 0 heterocycles. The summed E-state index contributed by atoms with van der Waals surface area (Å²) in [5, 5.41) is 3.02. The van der Waals surface area contributed by atoms with Crippen molar-refractivity contribution in [3.05, 3.63) is 27.7 Å². The third kappa shape index (κ3) is 2.48. The molecule has 2 nitrogen and oxygen atoms in total. The molecule has 1 rings (SSSR count). The summed E-state index contributed by atoms with van der Waals surface area (Å²) in [7, 11) is 0. The first-order valence-corrected chi connectivity index (χ1v) is 4.54. The van der Waals surface area contributed by atoms with Gasteiger partial charge in [-0.3, -0.25) is 4.79 Å². The Bertz CT molecular complexity index is 384. The topological polar surface area (TPSA) is 29.1 Å². The first-order chi connectivity index (χ1) is 6.15. The van der Waals surface area contributed by atoms with Crippen LogP contribution in [-0.4, -0.2) is 5.91 Å². The number of benzene rings is 1. The van der Waals surface area contributed by atoms with Gasteiger partial charge < -0.3 is 5.32 Å². The van der Waals surface area contributed by atoms with Gasteiger partial charge in [0.1, 0.15) is 0 Å². The molecule has 0 bridgehead atoms. The van der Waals surface area contributed by atoms with Crippen molar-refractivity contribution in [3.8, 4) is 12.3 Å². The summed E-state index contributed by atoms with van der Waals surface area (Å²) in [4.78, 5) is 10.8. The molecule has 0 aliphatic heterocycles. The van der Waals surface area contributed by atoms with Gasteiger partial charge >= 0.3 is 0 Å². The normalized spacial score (nSPS) is 9.00. The first kappa shape index (κ1) is 10.1. The molecule has 13 heavy (non-hydrogen) atoms. The number of rotatable bonds is 1. The van der Waals surface area contributed by atoms with Gasteiger partial charge in [-0.25, -0.2) is 0 Å². The molecule has 0 fully saturated rings. The fourth-order valence-electron chi connectivity index (χ4n) is 0.759. The average Bonchev–Trinajstić information content (AvgIpc) is 2.13. The maximum atomic E-state index is 10.8. The summed E-state index contributed by atoms with van der Waals surface area (Å²) in [5.41, 5.74) is 0.565. The highest BCUT2D eigenvalue weighted by Crippen LogP contribution is 2.29. The Balaban J connectivity index is 2.97. The summed E-state index contributed by atoms with van der Waals surface area (Å²) >= 11 is 9.01. The van der Waals surface area contributed by atoms with Crippen molar-refractivity contribution in [2.45, 2.75) is 0 Å². The summed E-state index contributed by atoms with van der Waals surface area (Å²) in [6.07, 6.45) is 4.90. The van der Waals surface area contributed by atoms with Crippen LogP contribution in [0.5, 0.6) is 0 Å². The van der Waals surface area contributed by atoms with Gasteiger partial charge in [-0.2, -0.15) is 0 Å². The number of anilines is 1. The van der Waals surface area contributed by atoms with Crippen LogP contribution in [0.2, 0.25) is 5.02 Å². The predicted molar refractivity (Wildman–Crippen MR) is 56.6 cm³/mol. The molecule has 0 radical (unpaired) electrons. The van der Waals surface area contributed by atoms with Crippen LogP contribution in [0.1, 0.15) is 0 Å². The van der Waals surface area contributed by atoms with E-state index in [9.17, 15) is 4.79 Å². The lowest BCUT2D eigenvalue weighted by Crippen LogP contribution is -2.08. The van der Waals surface area contributed by atoms with E-state index in [1.807, 2.05) is 5.92 Å². The lowest BCUT2D eigenvalue weighted by atomic mass is 10.3. The Morgan fingerprint density at radius 1 is 1.62 bits per heavy atom. The van der Waals surface area contributed by atoms with E-state index < -0.39 is 5.91 Å². The van der Waals surface area contributed by atoms with E-state index in [4.69, 9.17) is 18.0 Å². The molecule has 0 aliphatic rings. The molecule has 1 aromatic rings. The maximum absolute atomic E-state index is 10.8. The van der Waals surface area contributed by atoms with Gasteiger partial charge in [0.15, 0.2) is 0 Å². The van der Waals surface area contributed by atoms with Gasteiger partial charge in [0.05, 0.1) is 15.2 Å². The standard InChI is InChI=1S/C9H5BrClNO/c1-2-8(13)12-7-5-3-4-6(11)9(7)10/h1,3-5H,(H,12,13). The number of terminal acetylenes is 1. The molecule has 0 unspecified atom stereocenters. The molecular weight excluding hydrogens is 253 g/mol. The zero-order valence-electron chi connectivity index (χ0n) is 6.47. The van der Waals surface area contributed by atoms with E-state index in [2.05, 4.69) is 21.2 Å². The van der Waals surface area contributed by atoms with Gasteiger partial charge in [-0.05, 0) is 34.0 Å². The Morgan fingerprint density at radius 3 is 2.92 bits per heavy atom. The number of hydrogen-bond donors (Lipinski definition) is 1. The molecule has 0 saturated carbocycles. The molecule has 4 heteroatoms.